The predicted octanol–water partition coefficient (Wildman–Crippen LogP) is 4.46. The molecule has 0 radical (unpaired) electrons. The van der Waals surface area contributed by atoms with Gasteiger partial charge in [-0.3, -0.25) is 4.90 Å². The van der Waals surface area contributed by atoms with Crippen LogP contribution in [-0.4, -0.2) is 54.1 Å². The lowest BCUT2D eigenvalue weighted by molar-refractivity contribution is 0.116. The van der Waals surface area contributed by atoms with Crippen molar-refractivity contribution in [2.24, 2.45) is 0 Å². The van der Waals surface area contributed by atoms with Crippen LogP contribution in [0.4, 0.5) is 28.0 Å². The molecule has 0 spiro atoms. The van der Waals surface area contributed by atoms with Gasteiger partial charge in [0, 0.05) is 29.9 Å². The largest absolute Gasteiger partial charge is 0.415 e. The summed E-state index contributed by atoms with van der Waals surface area (Å²) in [5.74, 6) is -3.16. The molecule has 4 rings (SSSR count). The molecule has 0 N–H and O–H groups in total. The van der Waals surface area contributed by atoms with Crippen molar-refractivity contribution >= 4 is 33.2 Å². The highest BCUT2D eigenvalue weighted by molar-refractivity contribution is 7.91. The number of hydrogen-bond acceptors (Lipinski definition) is 6. The summed E-state index contributed by atoms with van der Waals surface area (Å²) in [7, 11) is -3.26. The van der Waals surface area contributed by atoms with Gasteiger partial charge in [-0.15, -0.1) is 10.2 Å². The molecule has 0 bridgehead atoms. The molecule has 2 amide bonds. The second-order valence-corrected chi connectivity index (χ2v) is 10.4. The van der Waals surface area contributed by atoms with E-state index >= 15 is 0 Å². The van der Waals surface area contributed by atoms with Crippen LogP contribution in [0, 0.1) is 11.6 Å². The lowest BCUT2D eigenvalue weighted by Gasteiger charge is -2.33. The van der Waals surface area contributed by atoms with Crippen LogP contribution < -0.4 is 4.90 Å². The van der Waals surface area contributed by atoms with Crippen molar-refractivity contribution in [1.82, 2.24) is 15.1 Å². The smallest absolute Gasteiger partial charge is 0.324 e. The SMILES string of the molecule is O=C(N1CCS(=O)(=O)CC1)N(Cc1ccc(-c2nnc(C(F)F)o2)cc1F)c1ccc(F)c(Cl)c1. The summed E-state index contributed by atoms with van der Waals surface area (Å²) >= 11 is 5.88. The van der Waals surface area contributed by atoms with Crippen LogP contribution in [0.5, 0.6) is 0 Å². The third-order valence-corrected chi connectivity index (χ3v) is 7.22. The van der Waals surface area contributed by atoms with Crippen LogP contribution >= 0.6 is 11.6 Å². The fraction of sp³-hybridized carbons (Fsp3) is 0.286. The lowest BCUT2D eigenvalue weighted by atomic mass is 10.1. The Kier molecular flexibility index (Phi) is 6.99. The maximum atomic E-state index is 15.0. The predicted molar refractivity (Wildman–Crippen MR) is 118 cm³/mol. The quantitative estimate of drug-likeness (QED) is 0.450. The molecular formula is C21H17ClF4N4O4S. The first-order valence-corrected chi connectivity index (χ1v) is 12.4. The minimum atomic E-state index is -3.26. The van der Waals surface area contributed by atoms with Crippen molar-refractivity contribution in [3.8, 4) is 11.5 Å². The summed E-state index contributed by atoms with van der Waals surface area (Å²) in [6.07, 6.45) is -2.98. The van der Waals surface area contributed by atoms with E-state index in [1.54, 1.807) is 0 Å². The van der Waals surface area contributed by atoms with Gasteiger partial charge in [0.15, 0.2) is 9.84 Å². The summed E-state index contributed by atoms with van der Waals surface area (Å²) in [6, 6.07) is 6.57. The van der Waals surface area contributed by atoms with Gasteiger partial charge in [0.1, 0.15) is 11.6 Å². The molecule has 1 saturated heterocycles. The summed E-state index contributed by atoms with van der Waals surface area (Å²) in [5.41, 5.74) is 0.243. The van der Waals surface area contributed by atoms with Gasteiger partial charge in [0.25, 0.3) is 5.89 Å². The molecule has 35 heavy (non-hydrogen) atoms. The number of amides is 2. The summed E-state index contributed by atoms with van der Waals surface area (Å²) in [5, 5.41) is 6.41. The van der Waals surface area contributed by atoms with Gasteiger partial charge in [0.05, 0.1) is 23.1 Å². The minimum absolute atomic E-state index is 0.0285. The highest BCUT2D eigenvalue weighted by Gasteiger charge is 2.30. The van der Waals surface area contributed by atoms with Gasteiger partial charge in [-0.1, -0.05) is 17.7 Å². The lowest BCUT2D eigenvalue weighted by Crippen LogP contribution is -2.49. The number of carbonyl (C=O) groups is 1. The first-order valence-electron chi connectivity index (χ1n) is 10.2. The molecule has 8 nitrogen and oxygen atoms in total. The monoisotopic (exact) mass is 532 g/mol. The van der Waals surface area contributed by atoms with Gasteiger partial charge in [-0.25, -0.2) is 22.0 Å². The second kappa shape index (κ2) is 9.82. The number of rotatable bonds is 5. The fourth-order valence-corrected chi connectivity index (χ4v) is 4.79. The number of urea groups is 1. The number of carbonyl (C=O) groups excluding carboxylic acids is 1. The number of anilines is 1. The van der Waals surface area contributed by atoms with E-state index in [0.717, 1.165) is 17.0 Å². The van der Waals surface area contributed by atoms with Crippen LogP contribution in [0.3, 0.4) is 0 Å². The van der Waals surface area contributed by atoms with Crippen molar-refractivity contribution in [1.29, 1.82) is 0 Å². The number of alkyl halides is 2. The molecule has 0 aliphatic carbocycles. The Morgan fingerprint density at radius 1 is 1.09 bits per heavy atom. The number of sulfone groups is 1. The van der Waals surface area contributed by atoms with Gasteiger partial charge in [-0.05, 0) is 30.3 Å². The standard InChI is InChI=1S/C21H17ClF4N4O4S/c22-15-10-14(3-4-16(15)23)30(21(31)29-5-7-35(32,33)8-6-29)11-13-2-1-12(9-17(13)24)19-27-28-20(34-19)18(25)26/h1-4,9-10,18H,5-8,11H2. The van der Waals surface area contributed by atoms with Gasteiger partial charge < -0.3 is 9.32 Å². The molecule has 1 aliphatic heterocycles. The number of benzene rings is 2. The maximum absolute atomic E-state index is 15.0. The van der Waals surface area contributed by atoms with Crippen LogP contribution in [0.25, 0.3) is 11.5 Å². The zero-order valence-corrected chi connectivity index (χ0v) is 19.4. The van der Waals surface area contributed by atoms with Gasteiger partial charge in [-0.2, -0.15) is 8.78 Å². The van der Waals surface area contributed by atoms with E-state index in [1.807, 2.05) is 0 Å². The molecule has 2 heterocycles. The first-order chi connectivity index (χ1) is 16.5. The second-order valence-electron chi connectivity index (χ2n) is 7.66. The molecule has 1 aromatic heterocycles. The van der Waals surface area contributed by atoms with E-state index in [9.17, 15) is 30.8 Å². The topological polar surface area (TPSA) is 96.6 Å². The zero-order chi connectivity index (χ0) is 25.3. The molecule has 0 atom stereocenters. The average molecular weight is 533 g/mol. The Morgan fingerprint density at radius 2 is 1.80 bits per heavy atom. The summed E-state index contributed by atoms with van der Waals surface area (Å²) in [4.78, 5) is 15.7. The van der Waals surface area contributed by atoms with E-state index in [0.29, 0.717) is 0 Å². The van der Waals surface area contributed by atoms with E-state index in [4.69, 9.17) is 16.0 Å². The molecule has 186 valence electrons. The summed E-state index contributed by atoms with van der Waals surface area (Å²) < 4.78 is 82.4. The van der Waals surface area contributed by atoms with Crippen molar-refractivity contribution in [3.63, 3.8) is 0 Å². The Morgan fingerprint density at radius 3 is 2.40 bits per heavy atom. The highest BCUT2D eigenvalue weighted by Crippen LogP contribution is 2.28. The van der Waals surface area contributed by atoms with E-state index in [-0.39, 0.29) is 58.9 Å². The third-order valence-electron chi connectivity index (χ3n) is 5.32. The average Bonchev–Trinajstić information content (AvgIpc) is 3.31. The van der Waals surface area contributed by atoms with Crippen LogP contribution in [0.15, 0.2) is 40.8 Å². The molecule has 0 unspecified atom stereocenters. The minimum Gasteiger partial charge on any atom is -0.415 e. The Balaban J connectivity index is 1.63. The van der Waals surface area contributed by atoms with Crippen molar-refractivity contribution in [3.05, 3.63) is 64.5 Å². The van der Waals surface area contributed by atoms with Crippen molar-refractivity contribution in [2.45, 2.75) is 13.0 Å². The Labute approximate surface area is 202 Å². The number of aromatic nitrogens is 2. The third kappa shape index (κ3) is 5.56. The molecule has 3 aromatic rings. The molecule has 0 saturated carbocycles. The van der Waals surface area contributed by atoms with E-state index in [2.05, 4.69) is 10.2 Å². The molecule has 1 aliphatic rings. The number of halogens is 5. The van der Waals surface area contributed by atoms with Crippen molar-refractivity contribution in [2.75, 3.05) is 29.5 Å². The number of nitrogens with zero attached hydrogens (tertiary/aromatic N) is 4. The summed E-state index contributed by atoms with van der Waals surface area (Å²) in [6.45, 7) is -0.433. The normalized spacial score (nSPS) is 15.4. The van der Waals surface area contributed by atoms with Crippen LogP contribution in [0.2, 0.25) is 5.02 Å². The van der Waals surface area contributed by atoms with Crippen molar-refractivity contribution < 1.29 is 35.2 Å². The zero-order valence-electron chi connectivity index (χ0n) is 17.8. The molecule has 14 heteroatoms. The number of hydrogen-bond donors (Lipinski definition) is 0. The highest BCUT2D eigenvalue weighted by atomic mass is 35.5. The van der Waals surface area contributed by atoms with Crippen LogP contribution in [-0.2, 0) is 16.4 Å². The van der Waals surface area contributed by atoms with Gasteiger partial charge in [0.2, 0.25) is 5.89 Å². The van der Waals surface area contributed by atoms with E-state index in [1.165, 1.54) is 29.2 Å². The Hall–Kier alpha value is -3.19. The molecular weight excluding hydrogens is 516 g/mol. The molecule has 2 aromatic carbocycles. The Bertz CT molecular complexity index is 1360. The first kappa shape index (κ1) is 24.9. The molecule has 1 fully saturated rings. The maximum Gasteiger partial charge on any atom is 0.324 e. The fourth-order valence-electron chi connectivity index (χ4n) is 3.42. The van der Waals surface area contributed by atoms with Crippen LogP contribution in [0.1, 0.15) is 17.9 Å². The van der Waals surface area contributed by atoms with Gasteiger partial charge >= 0.3 is 12.5 Å². The van der Waals surface area contributed by atoms with E-state index < -0.39 is 39.8 Å².